The molecule has 2 rings (SSSR count). The van der Waals surface area contributed by atoms with Gasteiger partial charge in [0.1, 0.15) is 0 Å². The monoisotopic (exact) mass is 210 g/mol. The number of nitrogens with one attached hydrogen (secondary N) is 1. The van der Waals surface area contributed by atoms with Crippen LogP contribution in [-0.4, -0.2) is 36.0 Å². The second-order valence-corrected chi connectivity index (χ2v) is 4.97. The minimum atomic E-state index is 0.116. The van der Waals surface area contributed by atoms with Crippen LogP contribution in [0.4, 0.5) is 0 Å². The third-order valence-corrected chi connectivity index (χ3v) is 3.72. The third kappa shape index (κ3) is 2.94. The molecule has 15 heavy (non-hydrogen) atoms. The molecule has 3 heteroatoms. The highest BCUT2D eigenvalue weighted by atomic mass is 16.1. The van der Waals surface area contributed by atoms with Crippen LogP contribution < -0.4 is 5.32 Å². The van der Waals surface area contributed by atoms with Crippen molar-refractivity contribution in [2.75, 3.05) is 13.1 Å². The summed E-state index contributed by atoms with van der Waals surface area (Å²) < 4.78 is 0. The molecule has 0 aromatic rings. The molecule has 1 atom stereocenters. The van der Waals surface area contributed by atoms with Crippen molar-refractivity contribution in [3.05, 3.63) is 0 Å². The van der Waals surface area contributed by atoms with Crippen LogP contribution in [0.15, 0.2) is 0 Å². The maximum atomic E-state index is 11.0. The lowest BCUT2D eigenvalue weighted by Crippen LogP contribution is -2.39. The van der Waals surface area contributed by atoms with Gasteiger partial charge in [0.15, 0.2) is 0 Å². The van der Waals surface area contributed by atoms with Crippen LogP contribution in [0.1, 0.15) is 45.4 Å². The number of carbonyl (C=O) groups excluding carboxylic acids is 1. The smallest absolute Gasteiger partial charge is 0.217 e. The summed E-state index contributed by atoms with van der Waals surface area (Å²) in [5.74, 6) is 0.116. The van der Waals surface area contributed by atoms with Crippen LogP contribution >= 0.6 is 0 Å². The van der Waals surface area contributed by atoms with Crippen molar-refractivity contribution in [1.82, 2.24) is 10.2 Å². The molecule has 3 nitrogen and oxygen atoms in total. The molecule has 2 fully saturated rings. The molecule has 0 spiro atoms. The summed E-state index contributed by atoms with van der Waals surface area (Å²) in [6.45, 7) is 3.86. The van der Waals surface area contributed by atoms with Crippen LogP contribution in [0.3, 0.4) is 0 Å². The number of nitrogens with zero attached hydrogens (tertiary/aromatic N) is 1. The first-order chi connectivity index (χ1) is 7.25. The van der Waals surface area contributed by atoms with E-state index >= 15 is 0 Å². The maximum absolute atomic E-state index is 11.0. The number of carbonyl (C=O) groups is 1. The minimum absolute atomic E-state index is 0.116. The van der Waals surface area contributed by atoms with E-state index in [2.05, 4.69) is 10.2 Å². The van der Waals surface area contributed by atoms with E-state index in [1.807, 2.05) is 0 Å². The summed E-state index contributed by atoms with van der Waals surface area (Å²) in [4.78, 5) is 13.5. The predicted molar refractivity (Wildman–Crippen MR) is 60.7 cm³/mol. The molecule has 1 heterocycles. The summed E-state index contributed by atoms with van der Waals surface area (Å²) in [6.07, 6.45) is 8.08. The molecule has 1 aliphatic heterocycles. The van der Waals surface area contributed by atoms with Crippen molar-refractivity contribution in [1.29, 1.82) is 0 Å². The minimum Gasteiger partial charge on any atom is -0.352 e. The first-order valence-electron chi connectivity index (χ1n) is 6.27. The van der Waals surface area contributed by atoms with Gasteiger partial charge in [0.2, 0.25) is 5.91 Å². The van der Waals surface area contributed by atoms with E-state index in [0.29, 0.717) is 6.04 Å². The molecule has 0 aromatic carbocycles. The molecular weight excluding hydrogens is 188 g/mol. The Morgan fingerprint density at radius 2 is 1.93 bits per heavy atom. The molecule has 1 N–H and O–H groups in total. The molecule has 0 bridgehead atoms. The van der Waals surface area contributed by atoms with E-state index < -0.39 is 0 Å². The van der Waals surface area contributed by atoms with Gasteiger partial charge in [-0.2, -0.15) is 0 Å². The van der Waals surface area contributed by atoms with Crippen LogP contribution in [0, 0.1) is 0 Å². The number of rotatable bonds is 2. The number of hydrogen-bond acceptors (Lipinski definition) is 2. The molecule has 86 valence electrons. The zero-order valence-corrected chi connectivity index (χ0v) is 9.67. The Kier molecular flexibility index (Phi) is 3.62. The first-order valence-corrected chi connectivity index (χ1v) is 6.27. The molecule has 1 amide bonds. The van der Waals surface area contributed by atoms with Crippen LogP contribution in [0.25, 0.3) is 0 Å². The highest BCUT2D eigenvalue weighted by molar-refractivity contribution is 5.73. The number of likely N-dealkylation sites (tertiary alicyclic amines) is 1. The number of hydrogen-bond donors (Lipinski definition) is 1. The van der Waals surface area contributed by atoms with Gasteiger partial charge in [0.05, 0.1) is 0 Å². The van der Waals surface area contributed by atoms with Gasteiger partial charge in [-0.1, -0.05) is 19.3 Å². The average molecular weight is 210 g/mol. The summed E-state index contributed by atoms with van der Waals surface area (Å²) in [5, 5.41) is 3.03. The van der Waals surface area contributed by atoms with E-state index in [1.54, 1.807) is 6.92 Å². The Morgan fingerprint density at radius 1 is 1.20 bits per heavy atom. The zero-order chi connectivity index (χ0) is 10.7. The second-order valence-electron chi connectivity index (χ2n) is 4.97. The summed E-state index contributed by atoms with van der Waals surface area (Å²) in [7, 11) is 0. The summed E-state index contributed by atoms with van der Waals surface area (Å²) in [6, 6.07) is 1.21. The predicted octanol–water partition coefficient (Wildman–Crippen LogP) is 1.53. The van der Waals surface area contributed by atoms with Crippen LogP contribution in [-0.2, 0) is 4.79 Å². The van der Waals surface area contributed by atoms with E-state index in [0.717, 1.165) is 19.0 Å². The average Bonchev–Trinajstić information content (AvgIpc) is 2.67. The van der Waals surface area contributed by atoms with Gasteiger partial charge in [-0.15, -0.1) is 0 Å². The topological polar surface area (TPSA) is 32.3 Å². The van der Waals surface area contributed by atoms with Gasteiger partial charge in [-0.05, 0) is 19.3 Å². The van der Waals surface area contributed by atoms with Crippen molar-refractivity contribution in [3.8, 4) is 0 Å². The Labute approximate surface area is 92.2 Å². The zero-order valence-electron chi connectivity index (χ0n) is 9.67. The van der Waals surface area contributed by atoms with E-state index in [-0.39, 0.29) is 5.91 Å². The van der Waals surface area contributed by atoms with Crippen LogP contribution in [0.5, 0.6) is 0 Å². The van der Waals surface area contributed by atoms with E-state index in [1.165, 1.54) is 38.6 Å². The van der Waals surface area contributed by atoms with Gasteiger partial charge in [-0.25, -0.2) is 0 Å². The fraction of sp³-hybridized carbons (Fsp3) is 0.917. The lowest BCUT2D eigenvalue weighted by atomic mass is 9.94. The lowest BCUT2D eigenvalue weighted by molar-refractivity contribution is -0.119. The molecule has 0 radical (unpaired) electrons. The molecule has 1 saturated heterocycles. The van der Waals surface area contributed by atoms with Gasteiger partial charge in [-0.3, -0.25) is 9.69 Å². The van der Waals surface area contributed by atoms with Crippen LogP contribution in [0.2, 0.25) is 0 Å². The highest BCUT2D eigenvalue weighted by Gasteiger charge is 2.29. The Bertz CT molecular complexity index is 224. The number of amides is 1. The Hall–Kier alpha value is -0.570. The fourth-order valence-corrected chi connectivity index (χ4v) is 2.97. The Balaban J connectivity index is 1.78. The van der Waals surface area contributed by atoms with Gasteiger partial charge in [0.25, 0.3) is 0 Å². The lowest BCUT2D eigenvalue weighted by Gasteiger charge is -2.31. The van der Waals surface area contributed by atoms with E-state index in [9.17, 15) is 4.79 Å². The molecule has 1 saturated carbocycles. The Morgan fingerprint density at radius 3 is 2.60 bits per heavy atom. The van der Waals surface area contributed by atoms with Gasteiger partial charge >= 0.3 is 0 Å². The molecular formula is C12H22N2O. The standard InChI is InChI=1S/C12H22N2O/c1-10(15)13-11-7-8-14(9-11)12-5-3-2-4-6-12/h11-12H,2-9H2,1H3,(H,13,15). The normalized spacial score (nSPS) is 29.3. The molecule has 1 unspecified atom stereocenters. The SMILES string of the molecule is CC(=O)NC1CCN(C2CCCCC2)C1. The van der Waals surface area contributed by atoms with Crippen molar-refractivity contribution in [2.45, 2.75) is 57.5 Å². The molecule has 1 aliphatic carbocycles. The molecule has 0 aromatic heterocycles. The largest absolute Gasteiger partial charge is 0.352 e. The summed E-state index contributed by atoms with van der Waals surface area (Å²) >= 11 is 0. The fourth-order valence-electron chi connectivity index (χ4n) is 2.97. The quantitative estimate of drug-likeness (QED) is 0.749. The summed E-state index contributed by atoms with van der Waals surface area (Å²) in [5.41, 5.74) is 0. The van der Waals surface area contributed by atoms with Gasteiger partial charge in [0, 0.05) is 32.1 Å². The van der Waals surface area contributed by atoms with Gasteiger partial charge < -0.3 is 5.32 Å². The third-order valence-electron chi connectivity index (χ3n) is 3.72. The molecule has 2 aliphatic rings. The van der Waals surface area contributed by atoms with Crippen molar-refractivity contribution < 1.29 is 4.79 Å². The van der Waals surface area contributed by atoms with E-state index in [4.69, 9.17) is 0 Å². The first kappa shape index (κ1) is 10.9. The van der Waals surface area contributed by atoms with Crippen molar-refractivity contribution in [2.24, 2.45) is 0 Å². The second kappa shape index (κ2) is 4.97. The van der Waals surface area contributed by atoms with Crippen molar-refractivity contribution in [3.63, 3.8) is 0 Å². The highest BCUT2D eigenvalue weighted by Crippen LogP contribution is 2.25. The van der Waals surface area contributed by atoms with Crippen molar-refractivity contribution >= 4 is 5.91 Å². The maximum Gasteiger partial charge on any atom is 0.217 e.